The first-order valence-electron chi connectivity index (χ1n) is 11.6. The average molecular weight is 468 g/mol. The van der Waals surface area contributed by atoms with Crippen molar-refractivity contribution in [2.24, 2.45) is 0 Å². The van der Waals surface area contributed by atoms with Crippen molar-refractivity contribution in [3.8, 4) is 5.75 Å². The first-order chi connectivity index (χ1) is 16.2. The molecule has 0 saturated carbocycles. The Morgan fingerprint density at radius 3 is 2.50 bits per heavy atom. The molecule has 1 amide bonds. The number of carbonyl (C=O) groups excluding carboxylic acids is 1. The molecule has 0 aliphatic heterocycles. The number of carbonyl (C=O) groups is 2. The summed E-state index contributed by atoms with van der Waals surface area (Å²) in [6.45, 7) is 5.59. The predicted octanol–water partition coefficient (Wildman–Crippen LogP) is 6.03. The predicted molar refractivity (Wildman–Crippen MR) is 132 cm³/mol. The first kappa shape index (κ1) is 26.6. The van der Waals surface area contributed by atoms with E-state index in [-0.39, 0.29) is 17.2 Å². The number of hydrogen-bond donors (Lipinski definition) is 3. The minimum Gasteiger partial charge on any atom is -0.507 e. The fourth-order valence-corrected chi connectivity index (χ4v) is 3.53. The zero-order valence-electron chi connectivity index (χ0n) is 20.0. The van der Waals surface area contributed by atoms with Gasteiger partial charge in [0.1, 0.15) is 17.1 Å². The Labute approximate surface area is 199 Å². The van der Waals surface area contributed by atoms with Gasteiger partial charge in [-0.15, -0.1) is 0 Å². The van der Waals surface area contributed by atoms with E-state index in [1.54, 1.807) is 19.1 Å². The fraction of sp³-hybridized carbons (Fsp3) is 0.370. The van der Waals surface area contributed by atoms with Crippen LogP contribution in [0.4, 0.5) is 4.79 Å². The molecular formula is C27H33NO6. The first-order valence-corrected chi connectivity index (χ1v) is 11.6. The van der Waals surface area contributed by atoms with E-state index in [0.717, 1.165) is 18.4 Å². The number of unbranched alkanes of at least 4 members (excludes halogenated alkanes) is 2. The number of benzene rings is 1. The number of Topliss-reactive ketones (excluding diaryl/α,β-unsaturated/α-hetero) is 1. The van der Waals surface area contributed by atoms with Crippen molar-refractivity contribution >= 4 is 18.0 Å². The topological polar surface area (TPSA) is 117 Å². The van der Waals surface area contributed by atoms with E-state index in [1.807, 2.05) is 31.2 Å². The smallest absolute Gasteiger partial charge is 0.408 e. The van der Waals surface area contributed by atoms with E-state index < -0.39 is 23.3 Å². The molecule has 1 atom stereocenters. The lowest BCUT2D eigenvalue weighted by molar-refractivity contribution is 0.102. The SMILES string of the molecule is CCCCCc1ccc(/C=C(\C)C(=O)c2c(O)cc(C(C)CC/C=C/NC(=O)O)oc2=O)cc1. The summed E-state index contributed by atoms with van der Waals surface area (Å²) < 4.78 is 5.33. The van der Waals surface area contributed by atoms with Crippen molar-refractivity contribution in [2.75, 3.05) is 0 Å². The lowest BCUT2D eigenvalue weighted by atomic mass is 9.99. The maximum absolute atomic E-state index is 12.9. The van der Waals surface area contributed by atoms with Gasteiger partial charge in [0.05, 0.1) is 0 Å². The van der Waals surface area contributed by atoms with Gasteiger partial charge in [0.15, 0.2) is 5.78 Å². The highest BCUT2D eigenvalue weighted by Crippen LogP contribution is 2.26. The summed E-state index contributed by atoms with van der Waals surface area (Å²) in [5, 5.41) is 21.1. The van der Waals surface area contributed by atoms with Crippen molar-refractivity contribution in [1.82, 2.24) is 5.32 Å². The van der Waals surface area contributed by atoms with E-state index in [0.29, 0.717) is 18.4 Å². The molecule has 2 rings (SSSR count). The fourth-order valence-electron chi connectivity index (χ4n) is 3.53. The summed E-state index contributed by atoms with van der Waals surface area (Å²) >= 11 is 0. The lowest BCUT2D eigenvalue weighted by Crippen LogP contribution is -2.16. The van der Waals surface area contributed by atoms with Crippen LogP contribution in [0.15, 0.2) is 57.4 Å². The highest BCUT2D eigenvalue weighted by molar-refractivity contribution is 6.12. The molecule has 3 N–H and O–H groups in total. The zero-order chi connectivity index (χ0) is 25.1. The molecule has 0 radical (unpaired) electrons. The van der Waals surface area contributed by atoms with Gasteiger partial charge >= 0.3 is 11.7 Å². The summed E-state index contributed by atoms with van der Waals surface area (Å²) in [5.41, 5.74) is 1.13. The second-order valence-corrected chi connectivity index (χ2v) is 8.38. The van der Waals surface area contributed by atoms with E-state index in [4.69, 9.17) is 9.52 Å². The van der Waals surface area contributed by atoms with Crippen molar-refractivity contribution in [1.29, 1.82) is 0 Å². The van der Waals surface area contributed by atoms with Crippen LogP contribution < -0.4 is 10.9 Å². The molecular weight excluding hydrogens is 434 g/mol. The van der Waals surface area contributed by atoms with E-state index in [9.17, 15) is 19.5 Å². The second-order valence-electron chi connectivity index (χ2n) is 8.38. The Morgan fingerprint density at radius 1 is 1.18 bits per heavy atom. The van der Waals surface area contributed by atoms with Crippen LogP contribution in [-0.2, 0) is 6.42 Å². The number of aryl methyl sites for hydroxylation is 1. The molecule has 182 valence electrons. The number of ketones is 1. The van der Waals surface area contributed by atoms with Crippen LogP contribution in [0, 0.1) is 0 Å². The molecule has 0 saturated heterocycles. The maximum Gasteiger partial charge on any atom is 0.408 e. The Kier molecular flexibility index (Phi) is 10.3. The molecule has 0 fully saturated rings. The molecule has 34 heavy (non-hydrogen) atoms. The van der Waals surface area contributed by atoms with Gasteiger partial charge in [-0.1, -0.05) is 57.0 Å². The van der Waals surface area contributed by atoms with Crippen LogP contribution in [0.5, 0.6) is 5.75 Å². The third-order valence-electron chi connectivity index (χ3n) is 5.54. The van der Waals surface area contributed by atoms with Crippen LogP contribution in [-0.4, -0.2) is 22.1 Å². The van der Waals surface area contributed by atoms with Crippen molar-refractivity contribution in [3.63, 3.8) is 0 Å². The molecule has 1 aromatic heterocycles. The van der Waals surface area contributed by atoms with Crippen LogP contribution in [0.3, 0.4) is 0 Å². The van der Waals surface area contributed by atoms with Gasteiger partial charge in [-0.2, -0.15) is 0 Å². The highest BCUT2D eigenvalue weighted by Gasteiger charge is 2.22. The van der Waals surface area contributed by atoms with Gasteiger partial charge in [-0.05, 0) is 55.4 Å². The quantitative estimate of drug-likeness (QED) is 0.199. The number of amides is 1. The van der Waals surface area contributed by atoms with Gasteiger partial charge < -0.3 is 14.6 Å². The molecule has 2 aromatic rings. The molecule has 0 spiro atoms. The number of carboxylic acid groups (broad SMARTS) is 1. The molecule has 0 bridgehead atoms. The van der Waals surface area contributed by atoms with Gasteiger partial charge in [0.25, 0.3) is 0 Å². The number of rotatable bonds is 12. The van der Waals surface area contributed by atoms with Gasteiger partial charge in [-0.25, -0.2) is 9.59 Å². The third kappa shape index (κ3) is 8.06. The van der Waals surface area contributed by atoms with Crippen molar-refractivity contribution in [2.45, 2.75) is 65.2 Å². The monoisotopic (exact) mass is 467 g/mol. The summed E-state index contributed by atoms with van der Waals surface area (Å²) in [5.74, 6) is -0.950. The van der Waals surface area contributed by atoms with Gasteiger partial charge in [0.2, 0.25) is 0 Å². The Hall–Kier alpha value is -3.61. The number of hydrogen-bond acceptors (Lipinski definition) is 5. The number of nitrogens with one attached hydrogen (secondary N) is 1. The summed E-state index contributed by atoms with van der Waals surface area (Å²) in [4.78, 5) is 35.8. The molecule has 1 aromatic carbocycles. The Balaban J connectivity index is 2.09. The van der Waals surface area contributed by atoms with Crippen LogP contribution in [0.2, 0.25) is 0 Å². The van der Waals surface area contributed by atoms with E-state index in [2.05, 4.69) is 12.2 Å². The van der Waals surface area contributed by atoms with Crippen LogP contribution in [0.25, 0.3) is 6.08 Å². The maximum atomic E-state index is 12.9. The molecule has 0 aliphatic rings. The minimum atomic E-state index is -1.15. The highest BCUT2D eigenvalue weighted by atomic mass is 16.4. The molecule has 1 unspecified atom stereocenters. The summed E-state index contributed by atoms with van der Waals surface area (Å²) in [6.07, 6.45) is 9.12. The Bertz CT molecular complexity index is 1100. The summed E-state index contributed by atoms with van der Waals surface area (Å²) in [6, 6.07) is 9.25. The van der Waals surface area contributed by atoms with Crippen LogP contribution in [0.1, 0.15) is 86.0 Å². The van der Waals surface area contributed by atoms with Crippen molar-refractivity contribution in [3.05, 3.63) is 81.1 Å². The minimum absolute atomic E-state index is 0.218. The molecule has 1 heterocycles. The third-order valence-corrected chi connectivity index (χ3v) is 5.54. The molecule has 0 aliphatic carbocycles. The summed E-state index contributed by atoms with van der Waals surface area (Å²) in [7, 11) is 0. The van der Waals surface area contributed by atoms with Crippen molar-refractivity contribution < 1.29 is 24.2 Å². The van der Waals surface area contributed by atoms with E-state index >= 15 is 0 Å². The molecule has 7 nitrogen and oxygen atoms in total. The average Bonchev–Trinajstić information content (AvgIpc) is 2.79. The molecule has 7 heteroatoms. The van der Waals surface area contributed by atoms with E-state index in [1.165, 1.54) is 30.7 Å². The standard InChI is InChI=1S/C27H33NO6/c1-4-5-6-10-20-11-13-21(14-12-20)16-19(3)25(30)24-22(29)17-23(34-26(24)31)18(2)9-7-8-15-28-27(32)33/h8,11-18,28-29H,4-7,9-10H2,1-3H3,(H,32,33)/b15-8+,19-16+. The van der Waals surface area contributed by atoms with Crippen LogP contribution >= 0.6 is 0 Å². The lowest BCUT2D eigenvalue weighted by Gasteiger charge is -2.11. The number of allylic oxidation sites excluding steroid dienone is 2. The van der Waals surface area contributed by atoms with Gasteiger partial charge in [-0.3, -0.25) is 10.1 Å². The normalized spacial score (nSPS) is 12.6. The largest absolute Gasteiger partial charge is 0.507 e. The second kappa shape index (κ2) is 13.2. The number of aromatic hydroxyl groups is 1. The van der Waals surface area contributed by atoms with Gasteiger partial charge in [0, 0.05) is 18.2 Å². The zero-order valence-corrected chi connectivity index (χ0v) is 20.0. The Morgan fingerprint density at radius 2 is 1.88 bits per heavy atom.